The van der Waals surface area contributed by atoms with Gasteiger partial charge in [-0.3, -0.25) is 14.4 Å². The summed E-state index contributed by atoms with van der Waals surface area (Å²) < 4.78 is 0. The number of fused-ring (bicyclic) bond motifs is 1. The van der Waals surface area contributed by atoms with Gasteiger partial charge in [-0.25, -0.2) is 0 Å². The summed E-state index contributed by atoms with van der Waals surface area (Å²) in [5, 5.41) is 3.07. The van der Waals surface area contributed by atoms with Crippen molar-refractivity contribution in [2.45, 2.75) is 12.5 Å². The maximum atomic E-state index is 12.3. The van der Waals surface area contributed by atoms with E-state index >= 15 is 0 Å². The fraction of sp³-hybridized carbons (Fsp3) is 0.308. The van der Waals surface area contributed by atoms with E-state index in [0.29, 0.717) is 6.42 Å². The highest BCUT2D eigenvalue weighted by Gasteiger charge is 2.31. The Hall–Kier alpha value is -2.57. The molecule has 0 radical (unpaired) electrons. The Morgan fingerprint density at radius 3 is 2.30 bits per heavy atom. The second-order valence-corrected chi connectivity index (χ2v) is 4.69. The zero-order valence-electron chi connectivity index (χ0n) is 10.8. The topological polar surface area (TPSA) is 119 Å². The van der Waals surface area contributed by atoms with Gasteiger partial charge in [-0.2, -0.15) is 0 Å². The van der Waals surface area contributed by atoms with E-state index in [2.05, 4.69) is 5.32 Å². The molecule has 20 heavy (non-hydrogen) atoms. The fourth-order valence-corrected chi connectivity index (χ4v) is 2.26. The number of carbonyl (C=O) groups is 3. The van der Waals surface area contributed by atoms with Crippen molar-refractivity contribution < 1.29 is 14.4 Å². The monoisotopic (exact) mass is 276 g/mol. The molecule has 1 aliphatic rings. The number of primary amides is 2. The van der Waals surface area contributed by atoms with E-state index in [0.717, 1.165) is 16.2 Å². The van der Waals surface area contributed by atoms with Crippen LogP contribution in [0.1, 0.15) is 5.56 Å². The van der Waals surface area contributed by atoms with Crippen LogP contribution in [0.2, 0.25) is 0 Å². The lowest BCUT2D eigenvalue weighted by molar-refractivity contribution is -0.138. The second-order valence-electron chi connectivity index (χ2n) is 4.69. The van der Waals surface area contributed by atoms with Gasteiger partial charge in [0.05, 0.1) is 13.1 Å². The van der Waals surface area contributed by atoms with Crippen LogP contribution < -0.4 is 16.8 Å². The summed E-state index contributed by atoms with van der Waals surface area (Å²) in [5.74, 6) is -1.73. The molecule has 0 spiro atoms. The highest BCUT2D eigenvalue weighted by Crippen LogP contribution is 2.25. The molecule has 7 heteroatoms. The molecule has 0 fully saturated rings. The van der Waals surface area contributed by atoms with Gasteiger partial charge in [-0.15, -0.1) is 0 Å². The molecule has 1 atom stereocenters. The van der Waals surface area contributed by atoms with E-state index in [1.807, 2.05) is 24.3 Å². The lowest BCUT2D eigenvalue weighted by atomic mass is 10.1. The lowest BCUT2D eigenvalue weighted by Gasteiger charge is -2.23. The second kappa shape index (κ2) is 5.60. The molecule has 0 aromatic heterocycles. The van der Waals surface area contributed by atoms with Crippen LogP contribution in [0.25, 0.3) is 0 Å². The molecule has 2 rings (SSSR count). The standard InChI is InChI=1S/C13H16N4O3/c14-11(18)6-17(7-12(15)19)13(20)10-5-8-3-1-2-4-9(8)16-10/h1-4,10,16H,5-7H2,(H2,14,18)(H2,15,19). The number of hydrogen-bond donors (Lipinski definition) is 3. The van der Waals surface area contributed by atoms with Crippen molar-refractivity contribution in [1.29, 1.82) is 0 Å². The van der Waals surface area contributed by atoms with Gasteiger partial charge in [0.15, 0.2) is 0 Å². The highest BCUT2D eigenvalue weighted by atomic mass is 16.2. The van der Waals surface area contributed by atoms with E-state index < -0.39 is 17.9 Å². The molecule has 1 unspecified atom stereocenters. The number of hydrogen-bond acceptors (Lipinski definition) is 4. The smallest absolute Gasteiger partial charge is 0.246 e. The van der Waals surface area contributed by atoms with E-state index in [9.17, 15) is 14.4 Å². The fourth-order valence-electron chi connectivity index (χ4n) is 2.26. The minimum Gasteiger partial charge on any atom is -0.373 e. The molecular weight excluding hydrogens is 260 g/mol. The largest absolute Gasteiger partial charge is 0.373 e. The normalized spacial score (nSPS) is 16.1. The zero-order valence-corrected chi connectivity index (χ0v) is 10.8. The Balaban J connectivity index is 2.09. The zero-order chi connectivity index (χ0) is 14.7. The highest BCUT2D eigenvalue weighted by molar-refractivity contribution is 5.93. The van der Waals surface area contributed by atoms with Crippen LogP contribution in [0, 0.1) is 0 Å². The van der Waals surface area contributed by atoms with Crippen molar-refractivity contribution in [2.75, 3.05) is 18.4 Å². The summed E-state index contributed by atoms with van der Waals surface area (Å²) in [5.41, 5.74) is 12.1. The van der Waals surface area contributed by atoms with Crippen molar-refractivity contribution >= 4 is 23.4 Å². The van der Waals surface area contributed by atoms with Gasteiger partial charge in [0.2, 0.25) is 17.7 Å². The van der Waals surface area contributed by atoms with E-state index in [4.69, 9.17) is 11.5 Å². The maximum absolute atomic E-state index is 12.3. The summed E-state index contributed by atoms with van der Waals surface area (Å²) in [4.78, 5) is 35.4. The Labute approximate surface area is 115 Å². The summed E-state index contributed by atoms with van der Waals surface area (Å²) in [6.45, 7) is -0.646. The number of para-hydroxylation sites is 1. The van der Waals surface area contributed by atoms with Gasteiger partial charge in [0.25, 0.3) is 0 Å². The van der Waals surface area contributed by atoms with E-state index in [1.165, 1.54) is 0 Å². The molecule has 0 aliphatic carbocycles. The van der Waals surface area contributed by atoms with Gasteiger partial charge in [0.1, 0.15) is 6.04 Å². The van der Waals surface area contributed by atoms with Crippen molar-refractivity contribution in [2.24, 2.45) is 11.5 Å². The van der Waals surface area contributed by atoms with Crippen LogP contribution in [0.5, 0.6) is 0 Å². The van der Waals surface area contributed by atoms with E-state index in [-0.39, 0.29) is 19.0 Å². The first-order valence-electron chi connectivity index (χ1n) is 6.17. The summed E-state index contributed by atoms with van der Waals surface area (Å²) in [7, 11) is 0. The van der Waals surface area contributed by atoms with Gasteiger partial charge in [-0.05, 0) is 11.6 Å². The molecule has 0 saturated heterocycles. The molecule has 7 nitrogen and oxygen atoms in total. The maximum Gasteiger partial charge on any atom is 0.246 e. The Bertz CT molecular complexity index is 517. The predicted octanol–water partition coefficient (Wildman–Crippen LogP) is -1.18. The third-order valence-electron chi connectivity index (χ3n) is 3.07. The number of nitrogens with zero attached hydrogens (tertiary/aromatic N) is 1. The van der Waals surface area contributed by atoms with Gasteiger partial charge < -0.3 is 21.7 Å². The Kier molecular flexibility index (Phi) is 3.88. The van der Waals surface area contributed by atoms with Crippen molar-refractivity contribution in [3.8, 4) is 0 Å². The van der Waals surface area contributed by atoms with Gasteiger partial charge in [-0.1, -0.05) is 18.2 Å². The molecule has 1 aliphatic heterocycles. The third kappa shape index (κ3) is 3.05. The van der Waals surface area contributed by atoms with Crippen molar-refractivity contribution in [1.82, 2.24) is 4.90 Å². The molecular formula is C13H16N4O3. The average molecular weight is 276 g/mol. The van der Waals surface area contributed by atoms with Crippen LogP contribution >= 0.6 is 0 Å². The molecule has 1 heterocycles. The Morgan fingerprint density at radius 1 is 1.15 bits per heavy atom. The number of amides is 3. The lowest BCUT2D eigenvalue weighted by Crippen LogP contribution is -2.49. The molecule has 1 aromatic carbocycles. The SMILES string of the molecule is NC(=O)CN(CC(N)=O)C(=O)C1Cc2ccccc2N1. The average Bonchev–Trinajstić information content (AvgIpc) is 2.79. The first kappa shape index (κ1) is 13.9. The number of benzene rings is 1. The van der Waals surface area contributed by atoms with Crippen LogP contribution in [0.15, 0.2) is 24.3 Å². The van der Waals surface area contributed by atoms with Crippen LogP contribution in [0.4, 0.5) is 5.69 Å². The van der Waals surface area contributed by atoms with Gasteiger partial charge >= 0.3 is 0 Å². The molecule has 1 aromatic rings. The molecule has 106 valence electrons. The number of nitrogens with one attached hydrogen (secondary N) is 1. The summed E-state index contributed by atoms with van der Waals surface area (Å²) >= 11 is 0. The first-order valence-corrected chi connectivity index (χ1v) is 6.17. The first-order chi connectivity index (χ1) is 9.47. The third-order valence-corrected chi connectivity index (χ3v) is 3.07. The van der Waals surface area contributed by atoms with Crippen LogP contribution in [0.3, 0.4) is 0 Å². The summed E-state index contributed by atoms with van der Waals surface area (Å²) in [6.07, 6.45) is 0.503. The quantitative estimate of drug-likeness (QED) is 0.627. The minimum absolute atomic E-state index is 0.323. The van der Waals surface area contributed by atoms with Crippen molar-refractivity contribution in [3.05, 3.63) is 29.8 Å². The number of carbonyl (C=O) groups excluding carboxylic acids is 3. The van der Waals surface area contributed by atoms with E-state index in [1.54, 1.807) is 0 Å². The van der Waals surface area contributed by atoms with Crippen LogP contribution in [-0.4, -0.2) is 41.8 Å². The van der Waals surface area contributed by atoms with Crippen molar-refractivity contribution in [3.63, 3.8) is 0 Å². The Morgan fingerprint density at radius 2 is 1.75 bits per heavy atom. The number of nitrogens with two attached hydrogens (primary N) is 2. The predicted molar refractivity (Wildman–Crippen MR) is 72.5 cm³/mol. The summed E-state index contributed by atoms with van der Waals surface area (Å²) in [6, 6.07) is 7.03. The molecule has 3 amide bonds. The number of anilines is 1. The minimum atomic E-state index is -0.685. The number of rotatable bonds is 5. The molecule has 0 bridgehead atoms. The van der Waals surface area contributed by atoms with Crippen LogP contribution in [-0.2, 0) is 20.8 Å². The molecule has 0 saturated carbocycles. The van der Waals surface area contributed by atoms with Gasteiger partial charge in [0, 0.05) is 12.1 Å². The molecule has 5 N–H and O–H groups in total.